The largest absolute Gasteiger partial charge is 0.488 e. The molecule has 0 aliphatic rings. The topological polar surface area (TPSA) is 9.23 Å². The van der Waals surface area contributed by atoms with Gasteiger partial charge in [-0.25, -0.2) is 0 Å². The molecule has 1 aromatic rings. The summed E-state index contributed by atoms with van der Waals surface area (Å²) in [6.45, 7) is 6.11. The molecule has 0 saturated heterocycles. The first-order valence-electron chi connectivity index (χ1n) is 3.98. The lowest BCUT2D eigenvalue weighted by Gasteiger charge is -2.21. The lowest BCUT2D eigenvalue weighted by Crippen LogP contribution is -2.23. The second kappa shape index (κ2) is 3.31. The third kappa shape index (κ3) is 3.09. The Bertz CT molecular complexity index is 246. The van der Waals surface area contributed by atoms with Crippen LogP contribution in [0.25, 0.3) is 0 Å². The summed E-state index contributed by atoms with van der Waals surface area (Å²) >= 11 is 0. The SMILES string of the molecule is CC(C)(C)Oc1ccc([Si])cc1. The lowest BCUT2D eigenvalue weighted by atomic mass is 10.2. The highest BCUT2D eigenvalue weighted by atomic mass is 28.1. The first-order chi connectivity index (χ1) is 5.47. The van der Waals surface area contributed by atoms with Gasteiger partial charge in [0.15, 0.2) is 0 Å². The smallest absolute Gasteiger partial charge is 0.120 e. The van der Waals surface area contributed by atoms with E-state index in [1.54, 1.807) is 0 Å². The predicted molar refractivity (Wildman–Crippen MR) is 52.2 cm³/mol. The van der Waals surface area contributed by atoms with E-state index in [1.807, 2.05) is 45.0 Å². The van der Waals surface area contributed by atoms with Crippen LogP contribution in [0.5, 0.6) is 5.75 Å². The van der Waals surface area contributed by atoms with Gasteiger partial charge in [0.1, 0.15) is 11.4 Å². The van der Waals surface area contributed by atoms with Gasteiger partial charge in [0.2, 0.25) is 0 Å². The van der Waals surface area contributed by atoms with E-state index < -0.39 is 0 Å². The van der Waals surface area contributed by atoms with Gasteiger partial charge in [-0.05, 0) is 32.9 Å². The summed E-state index contributed by atoms with van der Waals surface area (Å²) in [5.41, 5.74) is -0.118. The highest BCUT2D eigenvalue weighted by Crippen LogP contribution is 2.15. The van der Waals surface area contributed by atoms with Gasteiger partial charge in [-0.1, -0.05) is 17.3 Å². The second-order valence-electron chi connectivity index (χ2n) is 3.74. The van der Waals surface area contributed by atoms with Gasteiger partial charge >= 0.3 is 0 Å². The quantitative estimate of drug-likeness (QED) is 0.593. The zero-order valence-corrected chi connectivity index (χ0v) is 8.72. The summed E-state index contributed by atoms with van der Waals surface area (Å²) in [6.07, 6.45) is 0. The normalized spacial score (nSPS) is 11.3. The number of rotatable bonds is 1. The number of benzene rings is 1. The molecule has 1 nitrogen and oxygen atoms in total. The molecule has 0 saturated carbocycles. The van der Waals surface area contributed by atoms with Crippen LogP contribution in [-0.4, -0.2) is 15.8 Å². The van der Waals surface area contributed by atoms with Crippen LogP contribution in [0.2, 0.25) is 0 Å². The average Bonchev–Trinajstić information content (AvgIpc) is 1.91. The first-order valence-corrected chi connectivity index (χ1v) is 4.48. The Balaban J connectivity index is 2.71. The summed E-state index contributed by atoms with van der Waals surface area (Å²) in [6, 6.07) is 7.84. The molecule has 0 heterocycles. The molecule has 12 heavy (non-hydrogen) atoms. The van der Waals surface area contributed by atoms with Crippen molar-refractivity contribution in [3.63, 3.8) is 0 Å². The molecule has 0 fully saturated rings. The fourth-order valence-electron chi connectivity index (χ4n) is 0.877. The maximum atomic E-state index is 5.64. The summed E-state index contributed by atoms with van der Waals surface area (Å²) < 4.78 is 5.64. The maximum absolute atomic E-state index is 5.64. The number of hydrogen-bond donors (Lipinski definition) is 0. The van der Waals surface area contributed by atoms with Gasteiger partial charge in [-0.15, -0.1) is 0 Å². The van der Waals surface area contributed by atoms with Crippen molar-refractivity contribution in [3.8, 4) is 5.75 Å². The zero-order valence-electron chi connectivity index (χ0n) is 7.72. The van der Waals surface area contributed by atoms with Crippen LogP contribution < -0.4 is 9.92 Å². The van der Waals surface area contributed by atoms with Gasteiger partial charge < -0.3 is 4.74 Å². The van der Waals surface area contributed by atoms with Gasteiger partial charge in [0.05, 0.1) is 10.2 Å². The molecular formula is C10H13OSi. The summed E-state index contributed by atoms with van der Waals surface area (Å²) in [7, 11) is 3.42. The molecule has 0 aromatic heterocycles. The Morgan fingerprint density at radius 2 is 1.58 bits per heavy atom. The fraction of sp³-hybridized carbons (Fsp3) is 0.400. The molecular weight excluding hydrogens is 164 g/mol. The molecule has 0 aliphatic heterocycles. The minimum Gasteiger partial charge on any atom is -0.488 e. The van der Waals surface area contributed by atoms with E-state index >= 15 is 0 Å². The third-order valence-electron chi connectivity index (χ3n) is 1.28. The van der Waals surface area contributed by atoms with Crippen molar-refractivity contribution in [2.45, 2.75) is 26.4 Å². The molecule has 63 valence electrons. The summed E-state index contributed by atoms with van der Waals surface area (Å²) in [4.78, 5) is 0. The van der Waals surface area contributed by atoms with Crippen LogP contribution in [-0.2, 0) is 0 Å². The van der Waals surface area contributed by atoms with Crippen molar-refractivity contribution in [1.82, 2.24) is 0 Å². The molecule has 2 heteroatoms. The third-order valence-corrected chi connectivity index (χ3v) is 1.61. The highest BCUT2D eigenvalue weighted by molar-refractivity contribution is 6.32. The molecule has 1 rings (SSSR count). The molecule has 0 amide bonds. The van der Waals surface area contributed by atoms with E-state index in [4.69, 9.17) is 4.74 Å². The van der Waals surface area contributed by atoms with Crippen LogP contribution in [0, 0.1) is 0 Å². The van der Waals surface area contributed by atoms with Gasteiger partial charge in [0, 0.05) is 0 Å². The summed E-state index contributed by atoms with van der Waals surface area (Å²) in [5.74, 6) is 0.907. The Labute approximate surface area is 77.2 Å². The van der Waals surface area contributed by atoms with E-state index in [1.165, 1.54) is 0 Å². The standard InChI is InChI=1S/C10H13OSi/c1-10(2,3)11-8-4-6-9(12)7-5-8/h4-7H,1-3H3. The molecule has 1 aromatic carbocycles. The van der Waals surface area contributed by atoms with Crippen molar-refractivity contribution >= 4 is 15.4 Å². The Morgan fingerprint density at radius 3 is 2.00 bits per heavy atom. The van der Waals surface area contributed by atoms with E-state index in [9.17, 15) is 0 Å². The molecule has 0 unspecified atom stereocenters. The fourth-order valence-corrected chi connectivity index (χ4v) is 1.04. The van der Waals surface area contributed by atoms with E-state index in [0.717, 1.165) is 10.9 Å². The molecule has 0 aliphatic carbocycles. The van der Waals surface area contributed by atoms with E-state index in [-0.39, 0.29) is 5.60 Å². The molecule has 0 N–H and O–H groups in total. The van der Waals surface area contributed by atoms with Crippen molar-refractivity contribution < 1.29 is 4.74 Å². The second-order valence-corrected chi connectivity index (χ2v) is 4.32. The van der Waals surface area contributed by atoms with Crippen LogP contribution in [0.3, 0.4) is 0 Å². The molecule has 0 bridgehead atoms. The van der Waals surface area contributed by atoms with E-state index in [0.29, 0.717) is 0 Å². The minimum atomic E-state index is -0.118. The predicted octanol–water partition coefficient (Wildman–Crippen LogP) is 1.66. The van der Waals surface area contributed by atoms with Crippen molar-refractivity contribution in [3.05, 3.63) is 24.3 Å². The Kier molecular flexibility index (Phi) is 2.57. The molecule has 0 atom stereocenters. The molecule has 3 radical (unpaired) electrons. The van der Waals surface area contributed by atoms with Gasteiger partial charge in [-0.3, -0.25) is 0 Å². The molecule has 0 spiro atoms. The zero-order chi connectivity index (χ0) is 9.19. The van der Waals surface area contributed by atoms with Crippen LogP contribution in [0.4, 0.5) is 0 Å². The Morgan fingerprint density at radius 1 is 1.08 bits per heavy atom. The van der Waals surface area contributed by atoms with Crippen molar-refractivity contribution in [2.24, 2.45) is 0 Å². The van der Waals surface area contributed by atoms with Crippen molar-refractivity contribution in [1.29, 1.82) is 0 Å². The van der Waals surface area contributed by atoms with Crippen molar-refractivity contribution in [2.75, 3.05) is 0 Å². The van der Waals surface area contributed by atoms with Crippen LogP contribution in [0.1, 0.15) is 20.8 Å². The number of ether oxygens (including phenoxy) is 1. The minimum absolute atomic E-state index is 0.118. The van der Waals surface area contributed by atoms with Crippen LogP contribution in [0.15, 0.2) is 24.3 Å². The lowest BCUT2D eigenvalue weighted by molar-refractivity contribution is 0.131. The number of hydrogen-bond acceptors (Lipinski definition) is 1. The van der Waals surface area contributed by atoms with Gasteiger partial charge in [0.25, 0.3) is 0 Å². The summed E-state index contributed by atoms with van der Waals surface area (Å²) in [5, 5.41) is 1.07. The van der Waals surface area contributed by atoms with E-state index in [2.05, 4.69) is 10.2 Å². The van der Waals surface area contributed by atoms with Crippen LogP contribution >= 0.6 is 0 Å². The monoisotopic (exact) mass is 177 g/mol. The Hall–Kier alpha value is -0.763. The van der Waals surface area contributed by atoms with Gasteiger partial charge in [-0.2, -0.15) is 0 Å². The average molecular weight is 177 g/mol. The maximum Gasteiger partial charge on any atom is 0.120 e. The first kappa shape index (κ1) is 9.33. The highest BCUT2D eigenvalue weighted by Gasteiger charge is 2.10.